The van der Waals surface area contributed by atoms with Crippen molar-refractivity contribution in [1.29, 1.82) is 0 Å². The maximum Gasteiger partial charge on any atom is 0.188 e. The number of benzene rings is 1. The van der Waals surface area contributed by atoms with Crippen molar-refractivity contribution in [3.8, 4) is 11.5 Å². The number of hydrogen-bond acceptors (Lipinski definition) is 4. The molecule has 0 aliphatic rings. The molecule has 1 aromatic carbocycles. The van der Waals surface area contributed by atoms with Gasteiger partial charge in [0, 0.05) is 19.8 Å². The monoisotopic (exact) mass is 224 g/mol. The van der Waals surface area contributed by atoms with Crippen LogP contribution in [0, 0.1) is 0 Å². The number of methoxy groups -OCH3 is 2. The summed E-state index contributed by atoms with van der Waals surface area (Å²) in [6.45, 7) is 4.04. The highest BCUT2D eigenvalue weighted by Crippen LogP contribution is 2.32. The van der Waals surface area contributed by atoms with Gasteiger partial charge in [0.1, 0.15) is 0 Å². The van der Waals surface area contributed by atoms with E-state index in [0.29, 0.717) is 11.5 Å². The Balaban J connectivity index is 2.90. The maximum atomic E-state index is 5.43. The van der Waals surface area contributed by atoms with Gasteiger partial charge in [0.05, 0.1) is 0 Å². The minimum absolute atomic E-state index is 0.161. The quantitative estimate of drug-likeness (QED) is 0.666. The number of rotatable bonds is 7. The summed E-state index contributed by atoms with van der Waals surface area (Å²) in [7, 11) is 3.12. The molecule has 1 aromatic rings. The molecule has 0 heterocycles. The highest BCUT2D eigenvalue weighted by Gasteiger charge is 2.08. The molecule has 0 radical (unpaired) electrons. The van der Waals surface area contributed by atoms with E-state index in [-0.39, 0.29) is 13.6 Å². The predicted octanol–water partition coefficient (Wildman–Crippen LogP) is 2.30. The molecule has 0 unspecified atom stereocenters. The van der Waals surface area contributed by atoms with Gasteiger partial charge in [-0.05, 0) is 6.07 Å². The Morgan fingerprint density at radius 2 is 1.81 bits per heavy atom. The largest absolute Gasteiger partial charge is 0.464 e. The lowest BCUT2D eigenvalue weighted by Gasteiger charge is -2.13. The molecule has 0 bridgehead atoms. The minimum Gasteiger partial charge on any atom is -0.464 e. The maximum absolute atomic E-state index is 5.43. The van der Waals surface area contributed by atoms with E-state index in [9.17, 15) is 0 Å². The lowest BCUT2D eigenvalue weighted by molar-refractivity contribution is 0.0321. The predicted molar refractivity (Wildman–Crippen MR) is 61.5 cm³/mol. The second kappa shape index (κ2) is 6.87. The minimum atomic E-state index is 0.161. The van der Waals surface area contributed by atoms with Gasteiger partial charge in [-0.2, -0.15) is 0 Å². The van der Waals surface area contributed by atoms with Crippen LogP contribution in [-0.4, -0.2) is 27.8 Å². The Morgan fingerprint density at radius 1 is 1.12 bits per heavy atom. The first-order valence-corrected chi connectivity index (χ1v) is 4.82. The van der Waals surface area contributed by atoms with E-state index in [0.717, 1.165) is 5.56 Å². The third kappa shape index (κ3) is 3.25. The Kier molecular flexibility index (Phi) is 5.39. The van der Waals surface area contributed by atoms with E-state index >= 15 is 0 Å². The lowest BCUT2D eigenvalue weighted by atomic mass is 10.2. The molecule has 1 rings (SSSR count). The normalized spacial score (nSPS) is 9.88. The molecule has 4 nitrogen and oxygen atoms in total. The zero-order chi connectivity index (χ0) is 11.8. The van der Waals surface area contributed by atoms with Gasteiger partial charge in [-0.15, -0.1) is 0 Å². The molecule has 0 aromatic heterocycles. The standard InChI is InChI=1S/C12H16O4/c1-4-10-6-5-7-11(15-8-13-2)12(10)16-9-14-3/h4-7H,1,8-9H2,2-3H3. The SMILES string of the molecule is C=Cc1cccc(OCOC)c1OCOC. The van der Waals surface area contributed by atoms with Crippen molar-refractivity contribution in [1.82, 2.24) is 0 Å². The Bertz CT molecular complexity index is 336. The summed E-state index contributed by atoms with van der Waals surface area (Å²) in [5, 5.41) is 0. The smallest absolute Gasteiger partial charge is 0.188 e. The summed E-state index contributed by atoms with van der Waals surface area (Å²) < 4.78 is 20.5. The molecule has 16 heavy (non-hydrogen) atoms. The van der Waals surface area contributed by atoms with Crippen LogP contribution < -0.4 is 9.47 Å². The second-order valence-electron chi connectivity index (χ2n) is 2.98. The number of para-hydroxylation sites is 1. The molecule has 88 valence electrons. The summed E-state index contributed by atoms with van der Waals surface area (Å²) in [6, 6.07) is 5.55. The third-order valence-corrected chi connectivity index (χ3v) is 1.88. The van der Waals surface area contributed by atoms with Crippen LogP contribution in [-0.2, 0) is 9.47 Å². The van der Waals surface area contributed by atoms with Crippen LogP contribution >= 0.6 is 0 Å². The molecule has 0 fully saturated rings. The Labute approximate surface area is 95.4 Å². The van der Waals surface area contributed by atoms with Gasteiger partial charge < -0.3 is 18.9 Å². The van der Waals surface area contributed by atoms with Crippen LogP contribution in [0.5, 0.6) is 11.5 Å². The Morgan fingerprint density at radius 3 is 2.44 bits per heavy atom. The van der Waals surface area contributed by atoms with E-state index in [1.54, 1.807) is 26.4 Å². The van der Waals surface area contributed by atoms with Crippen LogP contribution in [0.15, 0.2) is 24.8 Å². The van der Waals surface area contributed by atoms with Crippen LogP contribution in [0.4, 0.5) is 0 Å². The topological polar surface area (TPSA) is 36.9 Å². The number of ether oxygens (including phenoxy) is 4. The summed E-state index contributed by atoms with van der Waals surface area (Å²) in [5.74, 6) is 1.22. The van der Waals surface area contributed by atoms with Gasteiger partial charge >= 0.3 is 0 Å². The molecule has 0 spiro atoms. The number of hydrogen-bond donors (Lipinski definition) is 0. The van der Waals surface area contributed by atoms with Crippen molar-refractivity contribution in [2.75, 3.05) is 27.8 Å². The molecule has 0 aliphatic heterocycles. The highest BCUT2D eigenvalue weighted by molar-refractivity contribution is 5.61. The van der Waals surface area contributed by atoms with Gasteiger partial charge in [-0.25, -0.2) is 0 Å². The zero-order valence-electron chi connectivity index (χ0n) is 9.56. The third-order valence-electron chi connectivity index (χ3n) is 1.88. The average molecular weight is 224 g/mol. The molecule has 0 saturated carbocycles. The van der Waals surface area contributed by atoms with Crippen molar-refractivity contribution < 1.29 is 18.9 Å². The first kappa shape index (κ1) is 12.5. The van der Waals surface area contributed by atoms with Crippen LogP contribution in [0.3, 0.4) is 0 Å². The summed E-state index contributed by atoms with van der Waals surface area (Å²) >= 11 is 0. The highest BCUT2D eigenvalue weighted by atomic mass is 16.7. The molecule has 0 saturated heterocycles. The fraction of sp³-hybridized carbons (Fsp3) is 0.333. The van der Waals surface area contributed by atoms with Gasteiger partial charge in [0.2, 0.25) is 0 Å². The molecular weight excluding hydrogens is 208 g/mol. The Hall–Kier alpha value is -1.52. The van der Waals surface area contributed by atoms with Gasteiger partial charge in [0.15, 0.2) is 25.1 Å². The van der Waals surface area contributed by atoms with E-state index in [1.807, 2.05) is 12.1 Å². The van der Waals surface area contributed by atoms with Crippen molar-refractivity contribution in [3.05, 3.63) is 30.3 Å². The van der Waals surface area contributed by atoms with E-state index in [2.05, 4.69) is 6.58 Å². The van der Waals surface area contributed by atoms with Gasteiger partial charge in [0.25, 0.3) is 0 Å². The van der Waals surface area contributed by atoms with Crippen molar-refractivity contribution in [2.45, 2.75) is 0 Å². The van der Waals surface area contributed by atoms with Gasteiger partial charge in [-0.3, -0.25) is 0 Å². The second-order valence-corrected chi connectivity index (χ2v) is 2.98. The molecule has 0 N–H and O–H groups in total. The first-order chi connectivity index (χ1) is 7.83. The van der Waals surface area contributed by atoms with Crippen molar-refractivity contribution in [2.24, 2.45) is 0 Å². The van der Waals surface area contributed by atoms with E-state index in [1.165, 1.54) is 0 Å². The fourth-order valence-corrected chi connectivity index (χ4v) is 1.20. The lowest BCUT2D eigenvalue weighted by Crippen LogP contribution is -2.05. The fourth-order valence-electron chi connectivity index (χ4n) is 1.20. The summed E-state index contributed by atoms with van der Waals surface area (Å²) in [6.07, 6.45) is 1.70. The van der Waals surface area contributed by atoms with E-state index in [4.69, 9.17) is 18.9 Å². The van der Waals surface area contributed by atoms with E-state index < -0.39 is 0 Å². The van der Waals surface area contributed by atoms with Crippen LogP contribution in [0.25, 0.3) is 6.08 Å². The summed E-state index contributed by atoms with van der Waals surface area (Å²) in [5.41, 5.74) is 0.852. The van der Waals surface area contributed by atoms with Crippen molar-refractivity contribution in [3.63, 3.8) is 0 Å². The van der Waals surface area contributed by atoms with Crippen molar-refractivity contribution >= 4 is 6.08 Å². The van der Waals surface area contributed by atoms with Crippen LogP contribution in [0.2, 0.25) is 0 Å². The first-order valence-electron chi connectivity index (χ1n) is 4.82. The molecule has 0 atom stereocenters. The average Bonchev–Trinajstić information content (AvgIpc) is 2.33. The molecule has 4 heteroatoms. The van der Waals surface area contributed by atoms with Gasteiger partial charge in [-0.1, -0.05) is 24.8 Å². The van der Waals surface area contributed by atoms with Crippen LogP contribution in [0.1, 0.15) is 5.56 Å². The molecule has 0 amide bonds. The molecular formula is C12H16O4. The zero-order valence-corrected chi connectivity index (χ0v) is 9.56. The molecule has 0 aliphatic carbocycles. The summed E-state index contributed by atoms with van der Waals surface area (Å²) in [4.78, 5) is 0.